The largest absolute Gasteiger partial charge is 0.496 e. The van der Waals surface area contributed by atoms with Crippen LogP contribution in [0.1, 0.15) is 11.1 Å². The number of ether oxygens (including phenoxy) is 1. The number of carboxylic acids is 1. The predicted molar refractivity (Wildman–Crippen MR) is 90.3 cm³/mol. The molecule has 1 fully saturated rings. The summed E-state index contributed by atoms with van der Waals surface area (Å²) in [6.07, 6.45) is 1.62. The number of carbonyl (C=O) groups is 2. The second-order valence-electron chi connectivity index (χ2n) is 4.49. The second kappa shape index (κ2) is 6.68. The van der Waals surface area contributed by atoms with Gasteiger partial charge in [0.25, 0.3) is 5.91 Å². The average Bonchev–Trinajstić information content (AvgIpc) is 2.70. The topological polar surface area (TPSA) is 66.8 Å². The monoisotopic (exact) mass is 357 g/mol. The van der Waals surface area contributed by atoms with Crippen molar-refractivity contribution in [2.75, 3.05) is 13.7 Å². The number of aliphatic carboxylic acids is 1. The fourth-order valence-electron chi connectivity index (χ4n) is 1.89. The normalized spacial score (nSPS) is 16.5. The molecule has 1 aromatic carbocycles. The highest BCUT2D eigenvalue weighted by molar-refractivity contribution is 8.26. The summed E-state index contributed by atoms with van der Waals surface area (Å²) in [4.78, 5) is 24.4. The summed E-state index contributed by atoms with van der Waals surface area (Å²) in [6, 6.07) is 3.47. The zero-order valence-electron chi connectivity index (χ0n) is 11.8. The lowest BCUT2D eigenvalue weighted by Gasteiger charge is -2.10. The minimum Gasteiger partial charge on any atom is -0.496 e. The lowest BCUT2D eigenvalue weighted by atomic mass is 10.1. The fourth-order valence-corrected chi connectivity index (χ4v) is 3.37. The third-order valence-electron chi connectivity index (χ3n) is 3.00. The highest BCUT2D eigenvalue weighted by Gasteiger charge is 2.33. The molecule has 8 heteroatoms. The Balaban J connectivity index is 2.34. The molecule has 1 heterocycles. The molecule has 1 amide bonds. The fraction of sp³-hybridized carbons (Fsp3) is 0.214. The van der Waals surface area contributed by atoms with Crippen molar-refractivity contribution in [3.05, 3.63) is 33.2 Å². The van der Waals surface area contributed by atoms with Gasteiger partial charge in [0.2, 0.25) is 0 Å². The summed E-state index contributed by atoms with van der Waals surface area (Å²) < 4.78 is 5.46. The van der Waals surface area contributed by atoms with E-state index in [4.69, 9.17) is 33.7 Å². The van der Waals surface area contributed by atoms with Gasteiger partial charge in [-0.1, -0.05) is 35.6 Å². The van der Waals surface area contributed by atoms with Crippen LogP contribution in [-0.4, -0.2) is 39.9 Å². The number of halogens is 1. The molecule has 1 aliphatic heterocycles. The first kappa shape index (κ1) is 16.8. The molecule has 22 heavy (non-hydrogen) atoms. The molecule has 0 radical (unpaired) electrons. The number of hydrogen-bond donors (Lipinski definition) is 1. The van der Waals surface area contributed by atoms with Crippen LogP contribution in [0, 0.1) is 6.92 Å². The summed E-state index contributed by atoms with van der Waals surface area (Å²) in [7, 11) is 1.54. The van der Waals surface area contributed by atoms with Crippen LogP contribution in [0.2, 0.25) is 5.02 Å². The summed E-state index contributed by atoms with van der Waals surface area (Å²) in [6.45, 7) is 1.39. The minimum absolute atomic E-state index is 0.226. The number of amides is 1. The maximum atomic E-state index is 12.2. The Morgan fingerprint density at radius 2 is 2.23 bits per heavy atom. The maximum Gasteiger partial charge on any atom is 0.323 e. The van der Waals surface area contributed by atoms with Gasteiger partial charge in [0.15, 0.2) is 0 Å². The van der Waals surface area contributed by atoms with Gasteiger partial charge < -0.3 is 9.84 Å². The van der Waals surface area contributed by atoms with Crippen LogP contribution < -0.4 is 4.74 Å². The quantitative estimate of drug-likeness (QED) is 0.660. The molecular formula is C14H12ClNO4S2. The van der Waals surface area contributed by atoms with E-state index in [1.165, 1.54) is 7.11 Å². The molecule has 0 spiro atoms. The zero-order valence-corrected chi connectivity index (χ0v) is 14.1. The van der Waals surface area contributed by atoms with Gasteiger partial charge in [0, 0.05) is 10.6 Å². The molecule has 5 nitrogen and oxygen atoms in total. The molecule has 1 N–H and O–H groups in total. The van der Waals surface area contributed by atoms with Crippen LogP contribution in [-0.2, 0) is 9.59 Å². The van der Waals surface area contributed by atoms with Gasteiger partial charge in [0.05, 0.1) is 12.0 Å². The van der Waals surface area contributed by atoms with E-state index in [0.29, 0.717) is 21.2 Å². The first-order valence-electron chi connectivity index (χ1n) is 6.14. The summed E-state index contributed by atoms with van der Waals surface area (Å²) in [5.74, 6) is -0.926. The number of thioether (sulfide) groups is 1. The maximum absolute atomic E-state index is 12.2. The minimum atomic E-state index is -1.11. The Morgan fingerprint density at radius 1 is 1.55 bits per heavy atom. The highest BCUT2D eigenvalue weighted by atomic mass is 35.5. The average molecular weight is 358 g/mol. The molecule has 0 atom stereocenters. The van der Waals surface area contributed by atoms with Crippen molar-refractivity contribution >= 4 is 57.9 Å². The molecule has 1 saturated heterocycles. The number of methoxy groups -OCH3 is 1. The molecule has 0 unspecified atom stereocenters. The van der Waals surface area contributed by atoms with Gasteiger partial charge in [0.1, 0.15) is 16.6 Å². The second-order valence-corrected chi connectivity index (χ2v) is 6.57. The molecule has 1 aromatic rings. The van der Waals surface area contributed by atoms with Gasteiger partial charge in [-0.25, -0.2) is 0 Å². The smallest absolute Gasteiger partial charge is 0.323 e. The van der Waals surface area contributed by atoms with Gasteiger partial charge in [-0.3, -0.25) is 14.5 Å². The van der Waals surface area contributed by atoms with E-state index in [0.717, 1.165) is 22.2 Å². The Labute approximate surface area is 141 Å². The van der Waals surface area contributed by atoms with Gasteiger partial charge in [-0.15, -0.1) is 0 Å². The van der Waals surface area contributed by atoms with Crippen molar-refractivity contribution in [3.63, 3.8) is 0 Å². The Kier molecular flexibility index (Phi) is 5.10. The summed E-state index contributed by atoms with van der Waals surface area (Å²) in [5.41, 5.74) is 1.49. The molecule has 0 aliphatic carbocycles. The number of carboxylic acid groups (broad SMARTS) is 1. The Morgan fingerprint density at radius 3 is 2.82 bits per heavy atom. The van der Waals surface area contributed by atoms with Gasteiger partial charge >= 0.3 is 5.97 Å². The number of rotatable bonds is 4. The first-order chi connectivity index (χ1) is 10.3. The number of benzene rings is 1. The summed E-state index contributed by atoms with van der Waals surface area (Å²) >= 11 is 12.2. The predicted octanol–water partition coefficient (Wildman–Crippen LogP) is 2.94. The third kappa shape index (κ3) is 3.43. The van der Waals surface area contributed by atoms with E-state index in [9.17, 15) is 9.59 Å². The van der Waals surface area contributed by atoms with E-state index < -0.39 is 18.4 Å². The van der Waals surface area contributed by atoms with Crippen molar-refractivity contribution in [1.82, 2.24) is 4.90 Å². The van der Waals surface area contributed by atoms with Crippen LogP contribution in [0.5, 0.6) is 5.75 Å². The van der Waals surface area contributed by atoms with Crippen LogP contribution in [0.4, 0.5) is 0 Å². The van der Waals surface area contributed by atoms with E-state index in [1.807, 2.05) is 6.92 Å². The van der Waals surface area contributed by atoms with E-state index in [-0.39, 0.29) is 4.32 Å². The van der Waals surface area contributed by atoms with E-state index in [2.05, 4.69) is 0 Å². The van der Waals surface area contributed by atoms with Crippen LogP contribution >= 0.6 is 35.6 Å². The number of nitrogens with zero attached hydrogens (tertiary/aromatic N) is 1. The highest BCUT2D eigenvalue weighted by Crippen LogP contribution is 2.34. The van der Waals surface area contributed by atoms with Crippen molar-refractivity contribution in [1.29, 1.82) is 0 Å². The molecule has 116 valence electrons. The number of thiocarbonyl (C=S) groups is 1. The van der Waals surface area contributed by atoms with Crippen molar-refractivity contribution < 1.29 is 19.4 Å². The standard InChI is InChI=1S/C14H12ClNO4S2/c1-7-9(15)3-8(4-10(7)20-2)5-11-13(19)16(6-12(17)18)14(21)22-11/h3-5H,6H2,1-2H3,(H,17,18)/b11-5-. The lowest BCUT2D eigenvalue weighted by molar-refractivity contribution is -0.140. The van der Waals surface area contributed by atoms with Crippen molar-refractivity contribution in [3.8, 4) is 5.75 Å². The molecular weight excluding hydrogens is 346 g/mol. The first-order valence-corrected chi connectivity index (χ1v) is 7.75. The SMILES string of the molecule is COc1cc(/C=C2\SC(=S)N(CC(=O)O)C2=O)cc(Cl)c1C. The van der Waals surface area contributed by atoms with Crippen molar-refractivity contribution in [2.24, 2.45) is 0 Å². The zero-order chi connectivity index (χ0) is 16.4. The number of hydrogen-bond acceptors (Lipinski definition) is 5. The Hall–Kier alpha value is -1.57. The van der Waals surface area contributed by atoms with E-state index >= 15 is 0 Å². The van der Waals surface area contributed by atoms with Crippen LogP contribution in [0.25, 0.3) is 6.08 Å². The molecule has 0 saturated carbocycles. The molecule has 0 aromatic heterocycles. The van der Waals surface area contributed by atoms with E-state index in [1.54, 1.807) is 18.2 Å². The van der Waals surface area contributed by atoms with Gasteiger partial charge in [-0.2, -0.15) is 0 Å². The molecule has 2 rings (SSSR count). The lowest BCUT2D eigenvalue weighted by Crippen LogP contribution is -2.33. The Bertz CT molecular complexity index is 702. The van der Waals surface area contributed by atoms with Crippen molar-refractivity contribution in [2.45, 2.75) is 6.92 Å². The molecule has 1 aliphatic rings. The number of carbonyl (C=O) groups excluding carboxylic acids is 1. The summed E-state index contributed by atoms with van der Waals surface area (Å²) in [5, 5.41) is 9.32. The van der Waals surface area contributed by atoms with Gasteiger partial charge in [-0.05, 0) is 30.7 Å². The third-order valence-corrected chi connectivity index (χ3v) is 4.77. The molecule has 0 bridgehead atoms. The van der Waals surface area contributed by atoms with Crippen LogP contribution in [0.15, 0.2) is 17.0 Å². The van der Waals surface area contributed by atoms with Crippen LogP contribution in [0.3, 0.4) is 0 Å².